The summed E-state index contributed by atoms with van der Waals surface area (Å²) >= 11 is 0. The molecule has 0 spiro atoms. The van der Waals surface area contributed by atoms with Gasteiger partial charge in [0, 0.05) is 11.3 Å². The van der Waals surface area contributed by atoms with E-state index in [9.17, 15) is 9.59 Å². The molecule has 1 aliphatic heterocycles. The molecule has 0 atom stereocenters. The summed E-state index contributed by atoms with van der Waals surface area (Å²) in [6.45, 7) is 0. The summed E-state index contributed by atoms with van der Waals surface area (Å²) in [5.74, 6) is 0.00469. The fourth-order valence-electron chi connectivity index (χ4n) is 3.02. The molecule has 0 saturated carbocycles. The Kier molecular flexibility index (Phi) is 4.79. The van der Waals surface area contributed by atoms with Gasteiger partial charge in [0.25, 0.3) is 11.8 Å². The molecule has 140 valence electrons. The number of para-hydroxylation sites is 2. The number of carbonyl (C=O) groups is 2. The standard InChI is InChI=1S/C23H15N3O3/c24-14-15-7-6-8-16(13-15)25-21-20(22(27)26-23(21)28)18-11-4-5-12-19(18)29-17-9-2-1-3-10-17/h1-13H,(H2,25,26,27,28). The zero-order valence-corrected chi connectivity index (χ0v) is 15.2. The van der Waals surface area contributed by atoms with Crippen LogP contribution in [-0.4, -0.2) is 11.8 Å². The largest absolute Gasteiger partial charge is 0.457 e. The zero-order valence-electron chi connectivity index (χ0n) is 15.2. The fourth-order valence-corrected chi connectivity index (χ4v) is 3.02. The van der Waals surface area contributed by atoms with Crippen molar-refractivity contribution >= 4 is 23.1 Å². The highest BCUT2D eigenvalue weighted by atomic mass is 16.5. The maximum Gasteiger partial charge on any atom is 0.275 e. The Balaban J connectivity index is 1.78. The quantitative estimate of drug-likeness (QED) is 0.656. The van der Waals surface area contributed by atoms with Gasteiger partial charge in [-0.15, -0.1) is 0 Å². The third kappa shape index (κ3) is 3.70. The summed E-state index contributed by atoms with van der Waals surface area (Å²) in [4.78, 5) is 25.0. The van der Waals surface area contributed by atoms with Gasteiger partial charge < -0.3 is 10.1 Å². The summed E-state index contributed by atoms with van der Waals surface area (Å²) in [7, 11) is 0. The van der Waals surface area contributed by atoms with E-state index in [4.69, 9.17) is 10.00 Å². The second-order valence-corrected chi connectivity index (χ2v) is 6.26. The molecule has 0 aliphatic carbocycles. The molecule has 0 radical (unpaired) electrons. The van der Waals surface area contributed by atoms with E-state index in [1.54, 1.807) is 60.7 Å². The maximum absolute atomic E-state index is 12.6. The number of hydrogen-bond donors (Lipinski definition) is 2. The van der Waals surface area contributed by atoms with Crippen molar-refractivity contribution in [1.29, 1.82) is 5.26 Å². The van der Waals surface area contributed by atoms with Gasteiger partial charge in [-0.3, -0.25) is 14.9 Å². The number of nitrogens with one attached hydrogen (secondary N) is 2. The minimum absolute atomic E-state index is 0.106. The fraction of sp³-hybridized carbons (Fsp3) is 0. The average molecular weight is 381 g/mol. The molecule has 0 saturated heterocycles. The van der Waals surface area contributed by atoms with E-state index >= 15 is 0 Å². The predicted octanol–water partition coefficient (Wildman–Crippen LogP) is 3.83. The number of benzene rings is 3. The number of nitrogens with zero attached hydrogens (tertiary/aromatic N) is 1. The number of imide groups is 1. The molecule has 6 nitrogen and oxygen atoms in total. The molecule has 1 aliphatic rings. The van der Waals surface area contributed by atoms with Crippen molar-refractivity contribution in [2.24, 2.45) is 0 Å². The number of anilines is 1. The molecule has 4 rings (SSSR count). The molecule has 0 unspecified atom stereocenters. The van der Waals surface area contributed by atoms with Gasteiger partial charge in [-0.1, -0.05) is 42.5 Å². The molecule has 0 bridgehead atoms. The van der Waals surface area contributed by atoms with Crippen LogP contribution in [-0.2, 0) is 9.59 Å². The predicted molar refractivity (Wildman–Crippen MR) is 108 cm³/mol. The first-order chi connectivity index (χ1) is 14.2. The van der Waals surface area contributed by atoms with Gasteiger partial charge in [0.15, 0.2) is 0 Å². The Morgan fingerprint density at radius 3 is 2.41 bits per heavy atom. The molecule has 1 heterocycles. The monoisotopic (exact) mass is 381 g/mol. The molecule has 6 heteroatoms. The first-order valence-corrected chi connectivity index (χ1v) is 8.85. The normalized spacial score (nSPS) is 13.1. The molecule has 2 N–H and O–H groups in total. The zero-order chi connectivity index (χ0) is 20.2. The number of ether oxygens (including phenoxy) is 1. The molecule has 3 aromatic carbocycles. The van der Waals surface area contributed by atoms with E-state index < -0.39 is 11.8 Å². The van der Waals surface area contributed by atoms with Crippen LogP contribution in [0.3, 0.4) is 0 Å². The van der Waals surface area contributed by atoms with E-state index in [-0.39, 0.29) is 11.3 Å². The van der Waals surface area contributed by atoms with Crippen molar-refractivity contribution in [3.05, 3.63) is 95.7 Å². The molecule has 0 fully saturated rings. The van der Waals surface area contributed by atoms with Crippen molar-refractivity contribution in [1.82, 2.24) is 5.32 Å². The lowest BCUT2D eigenvalue weighted by Gasteiger charge is -2.13. The van der Waals surface area contributed by atoms with Gasteiger partial charge in [-0.25, -0.2) is 0 Å². The van der Waals surface area contributed by atoms with Gasteiger partial charge in [0.1, 0.15) is 17.2 Å². The number of rotatable bonds is 5. The lowest BCUT2D eigenvalue weighted by molar-refractivity contribution is -0.123. The Bertz CT molecular complexity index is 1180. The highest BCUT2D eigenvalue weighted by Crippen LogP contribution is 2.34. The molecule has 2 amide bonds. The third-order valence-electron chi connectivity index (χ3n) is 4.32. The Morgan fingerprint density at radius 1 is 0.862 bits per heavy atom. The van der Waals surface area contributed by atoms with Crippen LogP contribution in [0.25, 0.3) is 5.57 Å². The first-order valence-electron chi connectivity index (χ1n) is 8.85. The van der Waals surface area contributed by atoms with Crippen molar-refractivity contribution in [2.45, 2.75) is 0 Å². The maximum atomic E-state index is 12.6. The van der Waals surface area contributed by atoms with Crippen LogP contribution in [0.15, 0.2) is 84.6 Å². The van der Waals surface area contributed by atoms with Gasteiger partial charge in [0.2, 0.25) is 0 Å². The molecule has 29 heavy (non-hydrogen) atoms. The summed E-state index contributed by atoms with van der Waals surface area (Å²) in [6, 6.07) is 24.9. The molecular formula is C23H15N3O3. The van der Waals surface area contributed by atoms with Crippen LogP contribution in [0.5, 0.6) is 11.5 Å². The van der Waals surface area contributed by atoms with Gasteiger partial charge in [0.05, 0.1) is 17.2 Å². The molecule has 3 aromatic rings. The van der Waals surface area contributed by atoms with Crippen LogP contribution in [0.4, 0.5) is 5.69 Å². The van der Waals surface area contributed by atoms with E-state index in [1.807, 2.05) is 24.3 Å². The van der Waals surface area contributed by atoms with Crippen molar-refractivity contribution in [2.75, 3.05) is 5.32 Å². The second-order valence-electron chi connectivity index (χ2n) is 6.26. The van der Waals surface area contributed by atoms with Crippen molar-refractivity contribution in [3.63, 3.8) is 0 Å². The Labute approximate surface area is 167 Å². The van der Waals surface area contributed by atoms with Crippen LogP contribution >= 0.6 is 0 Å². The van der Waals surface area contributed by atoms with Crippen molar-refractivity contribution in [3.8, 4) is 17.6 Å². The average Bonchev–Trinajstić information content (AvgIpc) is 3.02. The molecule has 0 aromatic heterocycles. The smallest absolute Gasteiger partial charge is 0.275 e. The topological polar surface area (TPSA) is 91.2 Å². The minimum Gasteiger partial charge on any atom is -0.457 e. The number of nitriles is 1. The highest BCUT2D eigenvalue weighted by Gasteiger charge is 2.33. The van der Waals surface area contributed by atoms with Crippen LogP contribution in [0, 0.1) is 11.3 Å². The summed E-state index contributed by atoms with van der Waals surface area (Å²) in [6.07, 6.45) is 0. The second kappa shape index (κ2) is 7.71. The lowest BCUT2D eigenvalue weighted by Crippen LogP contribution is -2.24. The SMILES string of the molecule is N#Cc1cccc(NC2=C(c3ccccc3Oc3ccccc3)C(=O)NC2=O)c1. The first kappa shape index (κ1) is 18.0. The minimum atomic E-state index is -0.540. The number of carbonyl (C=O) groups excluding carboxylic acids is 2. The number of amides is 2. The molecular weight excluding hydrogens is 366 g/mol. The van der Waals surface area contributed by atoms with Crippen LogP contribution in [0.2, 0.25) is 0 Å². The van der Waals surface area contributed by atoms with Crippen LogP contribution < -0.4 is 15.4 Å². The van der Waals surface area contributed by atoms with E-state index in [1.165, 1.54) is 0 Å². The third-order valence-corrected chi connectivity index (χ3v) is 4.32. The highest BCUT2D eigenvalue weighted by molar-refractivity contribution is 6.37. The van der Waals surface area contributed by atoms with Gasteiger partial charge in [-0.05, 0) is 36.4 Å². The summed E-state index contributed by atoms with van der Waals surface area (Å²) in [5, 5.41) is 14.4. The van der Waals surface area contributed by atoms with E-state index in [0.717, 1.165) is 0 Å². The van der Waals surface area contributed by atoms with E-state index in [2.05, 4.69) is 10.6 Å². The lowest BCUT2D eigenvalue weighted by atomic mass is 10.0. The summed E-state index contributed by atoms with van der Waals surface area (Å²) < 4.78 is 5.94. The van der Waals surface area contributed by atoms with Crippen LogP contribution in [0.1, 0.15) is 11.1 Å². The van der Waals surface area contributed by atoms with Gasteiger partial charge in [-0.2, -0.15) is 5.26 Å². The van der Waals surface area contributed by atoms with E-state index in [0.29, 0.717) is 28.3 Å². The van der Waals surface area contributed by atoms with Crippen molar-refractivity contribution < 1.29 is 14.3 Å². The Hall–Kier alpha value is -4.37. The van der Waals surface area contributed by atoms with Gasteiger partial charge >= 0.3 is 0 Å². The number of hydrogen-bond acceptors (Lipinski definition) is 5. The summed E-state index contributed by atoms with van der Waals surface area (Å²) in [5.41, 5.74) is 1.74. The Morgan fingerprint density at radius 2 is 1.62 bits per heavy atom.